The molecule has 0 radical (unpaired) electrons. The maximum absolute atomic E-state index is 12.3. The Kier molecular flexibility index (Phi) is 4.73. The van der Waals surface area contributed by atoms with Gasteiger partial charge in [0.15, 0.2) is 0 Å². The molecule has 3 rings (SSSR count). The first-order valence-electron chi connectivity index (χ1n) is 7.72. The molecule has 0 fully saturated rings. The van der Waals surface area contributed by atoms with Gasteiger partial charge in [0.05, 0.1) is 17.8 Å². The van der Waals surface area contributed by atoms with E-state index in [1.165, 1.54) is 12.4 Å². The molecule has 1 atom stereocenters. The molecule has 0 saturated carbocycles. The van der Waals surface area contributed by atoms with Crippen molar-refractivity contribution in [3.05, 3.63) is 47.5 Å². The number of carbonyl (C=O) groups is 2. The summed E-state index contributed by atoms with van der Waals surface area (Å²) in [7, 11) is -1.36. The largest absolute Gasteiger partial charge is 0.547 e. The zero-order valence-corrected chi connectivity index (χ0v) is 13.3. The Morgan fingerprint density at radius 3 is 3.00 bits per heavy atom. The molecule has 25 heavy (non-hydrogen) atoms. The summed E-state index contributed by atoms with van der Waals surface area (Å²) in [5.41, 5.74) is 6.23. The molecule has 0 spiro atoms. The van der Waals surface area contributed by atoms with E-state index < -0.39 is 24.9 Å². The lowest BCUT2D eigenvalue weighted by atomic mass is 9.72. The second kappa shape index (κ2) is 6.95. The fourth-order valence-corrected chi connectivity index (χ4v) is 2.71. The lowest BCUT2D eigenvalue weighted by molar-refractivity contribution is 0.0693. The number of nitrogens with two attached hydrogens (primary N) is 1. The molecule has 1 amide bonds. The highest BCUT2D eigenvalue weighted by atomic mass is 16.5. The van der Waals surface area contributed by atoms with Crippen molar-refractivity contribution in [1.29, 1.82) is 0 Å². The number of nitrogens with one attached hydrogen (secondary N) is 1. The van der Waals surface area contributed by atoms with Crippen LogP contribution in [-0.4, -0.2) is 51.2 Å². The summed E-state index contributed by atoms with van der Waals surface area (Å²) in [5.74, 6) is -2.19. The molecule has 0 unspecified atom stereocenters. The second-order valence-corrected chi connectivity index (χ2v) is 5.68. The van der Waals surface area contributed by atoms with E-state index in [2.05, 4.69) is 10.3 Å². The molecule has 0 saturated heterocycles. The second-order valence-electron chi connectivity index (χ2n) is 5.68. The standard InChI is InChI=1S/C15H17BN4O5/c17-4-5-20-7-11(18-8-20)14(21)19-12-6-9-2-1-3-10(15(22)23)13(9)25-16(12)24/h1-3,7-8,12,24H,4-6,17H2,(H,19,21)(H,22,23)/t12-/m0/s1. The van der Waals surface area contributed by atoms with Gasteiger partial charge < -0.3 is 30.4 Å². The molecule has 2 aromatic rings. The number of rotatable bonds is 5. The van der Waals surface area contributed by atoms with Gasteiger partial charge in [-0.05, 0) is 18.1 Å². The zero-order chi connectivity index (χ0) is 18.0. The number of fused-ring (bicyclic) bond motifs is 1. The number of imidazole rings is 1. The number of nitrogens with zero attached hydrogens (tertiary/aromatic N) is 2. The fourth-order valence-electron chi connectivity index (χ4n) is 2.71. The van der Waals surface area contributed by atoms with Crippen molar-refractivity contribution < 1.29 is 24.4 Å². The van der Waals surface area contributed by atoms with Crippen LogP contribution in [0, 0.1) is 0 Å². The highest BCUT2D eigenvalue weighted by Gasteiger charge is 2.38. The minimum absolute atomic E-state index is 0.0261. The van der Waals surface area contributed by atoms with Crippen LogP contribution >= 0.6 is 0 Å². The van der Waals surface area contributed by atoms with Crippen LogP contribution in [0.25, 0.3) is 0 Å². The van der Waals surface area contributed by atoms with Gasteiger partial charge in [-0.1, -0.05) is 12.1 Å². The number of hydrogen-bond donors (Lipinski definition) is 4. The van der Waals surface area contributed by atoms with E-state index in [1.807, 2.05) is 0 Å². The summed E-state index contributed by atoms with van der Waals surface area (Å²) in [6.45, 7) is 0.968. The van der Waals surface area contributed by atoms with Crippen molar-refractivity contribution in [2.45, 2.75) is 18.9 Å². The smallest absolute Gasteiger partial charge is 0.534 e. The summed E-state index contributed by atoms with van der Waals surface area (Å²) in [6, 6.07) is 4.69. The third kappa shape index (κ3) is 3.49. The van der Waals surface area contributed by atoms with E-state index in [0.29, 0.717) is 18.7 Å². The van der Waals surface area contributed by atoms with E-state index >= 15 is 0 Å². The molecule has 5 N–H and O–H groups in total. The SMILES string of the molecule is NCCn1cnc(C(=O)N[C@H]2Cc3cccc(C(=O)O)c3OB2O)c1. The molecular weight excluding hydrogens is 327 g/mol. The number of para-hydroxylation sites is 1. The Balaban J connectivity index is 1.74. The van der Waals surface area contributed by atoms with E-state index in [4.69, 9.17) is 10.4 Å². The number of amides is 1. The minimum Gasteiger partial charge on any atom is -0.534 e. The lowest BCUT2D eigenvalue weighted by Gasteiger charge is -2.28. The predicted molar refractivity (Wildman–Crippen MR) is 88.2 cm³/mol. The van der Waals surface area contributed by atoms with Crippen LogP contribution in [0.4, 0.5) is 0 Å². The predicted octanol–water partition coefficient (Wildman–Crippen LogP) is -0.707. The highest BCUT2D eigenvalue weighted by molar-refractivity contribution is 6.47. The average Bonchev–Trinajstić information content (AvgIpc) is 3.04. The van der Waals surface area contributed by atoms with Gasteiger partial charge in [0.1, 0.15) is 11.4 Å². The van der Waals surface area contributed by atoms with E-state index in [1.54, 1.807) is 22.9 Å². The molecule has 1 aliphatic heterocycles. The number of carboxylic acids is 1. The van der Waals surface area contributed by atoms with Gasteiger partial charge in [-0.25, -0.2) is 9.78 Å². The van der Waals surface area contributed by atoms with Crippen molar-refractivity contribution in [3.63, 3.8) is 0 Å². The van der Waals surface area contributed by atoms with Crippen molar-refractivity contribution in [1.82, 2.24) is 14.9 Å². The summed E-state index contributed by atoms with van der Waals surface area (Å²) < 4.78 is 7.03. The first-order valence-corrected chi connectivity index (χ1v) is 7.72. The molecule has 1 aromatic carbocycles. The molecule has 10 heteroatoms. The number of hydrogen-bond acceptors (Lipinski definition) is 6. The van der Waals surface area contributed by atoms with E-state index in [0.717, 1.165) is 0 Å². The molecule has 1 aliphatic rings. The Labute approximate surface area is 143 Å². The lowest BCUT2D eigenvalue weighted by Crippen LogP contribution is -2.53. The maximum atomic E-state index is 12.3. The van der Waals surface area contributed by atoms with Crippen LogP contribution in [0.3, 0.4) is 0 Å². The summed E-state index contributed by atoms with van der Waals surface area (Å²) in [5, 5.41) is 22.0. The Morgan fingerprint density at radius 1 is 1.48 bits per heavy atom. The van der Waals surface area contributed by atoms with Gasteiger partial charge in [-0.2, -0.15) is 0 Å². The molecule has 1 aromatic heterocycles. The summed E-state index contributed by atoms with van der Waals surface area (Å²) in [4.78, 5) is 27.5. The van der Waals surface area contributed by atoms with Gasteiger partial charge in [-0.3, -0.25) is 4.79 Å². The zero-order valence-electron chi connectivity index (χ0n) is 13.3. The summed E-state index contributed by atoms with van der Waals surface area (Å²) >= 11 is 0. The van der Waals surface area contributed by atoms with Crippen molar-refractivity contribution in [3.8, 4) is 5.75 Å². The Hall–Kier alpha value is -2.85. The Morgan fingerprint density at radius 2 is 2.28 bits per heavy atom. The maximum Gasteiger partial charge on any atom is 0.547 e. The first kappa shape index (κ1) is 17.0. The van der Waals surface area contributed by atoms with Crippen molar-refractivity contribution in [2.75, 3.05) is 6.54 Å². The van der Waals surface area contributed by atoms with Crippen LogP contribution in [0.15, 0.2) is 30.7 Å². The topological polar surface area (TPSA) is 140 Å². The number of benzene rings is 1. The van der Waals surface area contributed by atoms with Gasteiger partial charge in [0.25, 0.3) is 5.91 Å². The molecule has 130 valence electrons. The van der Waals surface area contributed by atoms with Crippen LogP contribution < -0.4 is 15.7 Å². The van der Waals surface area contributed by atoms with Gasteiger partial charge in [0, 0.05) is 19.3 Å². The van der Waals surface area contributed by atoms with Gasteiger partial charge in [-0.15, -0.1) is 0 Å². The molecular formula is C15H17BN4O5. The fraction of sp³-hybridized carbons (Fsp3) is 0.267. The number of carbonyl (C=O) groups excluding carboxylic acids is 1. The minimum atomic E-state index is -1.36. The normalized spacial score (nSPS) is 16.1. The monoisotopic (exact) mass is 344 g/mol. The van der Waals surface area contributed by atoms with Gasteiger partial charge >= 0.3 is 13.1 Å². The highest BCUT2D eigenvalue weighted by Crippen LogP contribution is 2.30. The van der Waals surface area contributed by atoms with Crippen LogP contribution in [0.1, 0.15) is 26.4 Å². The number of aromatic nitrogens is 2. The molecule has 2 heterocycles. The third-order valence-electron chi connectivity index (χ3n) is 3.92. The molecule has 0 bridgehead atoms. The van der Waals surface area contributed by atoms with E-state index in [-0.39, 0.29) is 23.4 Å². The van der Waals surface area contributed by atoms with Crippen LogP contribution in [0.2, 0.25) is 0 Å². The third-order valence-corrected chi connectivity index (χ3v) is 3.92. The number of aromatic carboxylic acids is 1. The number of carboxylic acid groups (broad SMARTS) is 1. The van der Waals surface area contributed by atoms with Crippen molar-refractivity contribution in [2.24, 2.45) is 5.73 Å². The van der Waals surface area contributed by atoms with E-state index in [9.17, 15) is 19.7 Å². The first-order chi connectivity index (χ1) is 12.0. The molecule has 0 aliphatic carbocycles. The molecule has 9 nitrogen and oxygen atoms in total. The Bertz CT molecular complexity index is 809. The quantitative estimate of drug-likeness (QED) is 0.526. The van der Waals surface area contributed by atoms with Crippen LogP contribution in [0.5, 0.6) is 5.75 Å². The summed E-state index contributed by atoms with van der Waals surface area (Å²) in [6.07, 6.45) is 3.31. The average molecular weight is 344 g/mol. The van der Waals surface area contributed by atoms with Crippen molar-refractivity contribution >= 4 is 19.0 Å². The van der Waals surface area contributed by atoms with Gasteiger partial charge in [0.2, 0.25) is 0 Å². The van der Waals surface area contributed by atoms with Crippen LogP contribution in [-0.2, 0) is 13.0 Å².